The van der Waals surface area contributed by atoms with E-state index in [9.17, 15) is 0 Å². The molecule has 0 amide bonds. The normalized spacial score (nSPS) is 33.6. The van der Waals surface area contributed by atoms with Crippen LogP contribution >= 0.6 is 0 Å². The summed E-state index contributed by atoms with van der Waals surface area (Å²) in [5, 5.41) is 3.39. The number of hydrogen-bond donors (Lipinski definition) is 1. The van der Waals surface area contributed by atoms with E-state index in [0.29, 0.717) is 5.41 Å². The van der Waals surface area contributed by atoms with Gasteiger partial charge in [-0.2, -0.15) is 0 Å². The molecule has 122 valence electrons. The predicted octanol–water partition coefficient (Wildman–Crippen LogP) is 1.56. The van der Waals surface area contributed by atoms with Crippen LogP contribution in [0, 0.1) is 5.41 Å². The van der Waals surface area contributed by atoms with Crippen LogP contribution in [0.25, 0.3) is 0 Å². The topological polar surface area (TPSA) is 27.7 Å². The second-order valence-corrected chi connectivity index (χ2v) is 7.44. The van der Waals surface area contributed by atoms with Gasteiger partial charge < -0.3 is 19.9 Å². The SMILES string of the molecule is CNCC1(CN2CCC(N3CCCCC3)CC2)CCOC1. The quantitative estimate of drug-likeness (QED) is 0.833. The molecule has 3 saturated heterocycles. The lowest BCUT2D eigenvalue weighted by molar-refractivity contribution is 0.0598. The molecule has 0 aliphatic carbocycles. The van der Waals surface area contributed by atoms with Crippen molar-refractivity contribution in [2.45, 2.75) is 44.6 Å². The Balaban J connectivity index is 1.46. The van der Waals surface area contributed by atoms with Crippen molar-refractivity contribution < 1.29 is 4.74 Å². The van der Waals surface area contributed by atoms with Gasteiger partial charge in [-0.25, -0.2) is 0 Å². The number of ether oxygens (including phenoxy) is 1. The highest BCUT2D eigenvalue weighted by Crippen LogP contribution is 2.30. The minimum absolute atomic E-state index is 0.368. The summed E-state index contributed by atoms with van der Waals surface area (Å²) < 4.78 is 5.70. The van der Waals surface area contributed by atoms with Gasteiger partial charge in [-0.1, -0.05) is 6.42 Å². The summed E-state index contributed by atoms with van der Waals surface area (Å²) in [7, 11) is 2.07. The number of nitrogens with one attached hydrogen (secondary N) is 1. The summed E-state index contributed by atoms with van der Waals surface area (Å²) in [4.78, 5) is 5.47. The highest BCUT2D eigenvalue weighted by molar-refractivity contribution is 4.90. The molecule has 4 heteroatoms. The van der Waals surface area contributed by atoms with Crippen LogP contribution in [-0.2, 0) is 4.74 Å². The van der Waals surface area contributed by atoms with Crippen molar-refractivity contribution in [3.05, 3.63) is 0 Å². The van der Waals surface area contributed by atoms with Gasteiger partial charge in [0.2, 0.25) is 0 Å². The fraction of sp³-hybridized carbons (Fsp3) is 1.00. The maximum Gasteiger partial charge on any atom is 0.0547 e. The lowest BCUT2D eigenvalue weighted by atomic mass is 9.85. The molecular formula is C17H33N3O. The Labute approximate surface area is 130 Å². The summed E-state index contributed by atoms with van der Waals surface area (Å²) >= 11 is 0. The van der Waals surface area contributed by atoms with Gasteiger partial charge >= 0.3 is 0 Å². The summed E-state index contributed by atoms with van der Waals surface area (Å²) in [6.45, 7) is 9.48. The molecule has 1 unspecified atom stereocenters. The third-order valence-electron chi connectivity index (χ3n) is 5.76. The molecule has 3 fully saturated rings. The van der Waals surface area contributed by atoms with E-state index in [0.717, 1.165) is 25.8 Å². The van der Waals surface area contributed by atoms with E-state index in [1.54, 1.807) is 0 Å². The second-order valence-electron chi connectivity index (χ2n) is 7.44. The molecule has 0 aromatic rings. The average Bonchev–Trinajstić information content (AvgIpc) is 2.98. The Kier molecular flexibility index (Phi) is 5.54. The molecule has 0 aromatic heterocycles. The Hall–Kier alpha value is -0.160. The van der Waals surface area contributed by atoms with Crippen molar-refractivity contribution in [3.63, 3.8) is 0 Å². The van der Waals surface area contributed by atoms with Crippen LogP contribution in [0.15, 0.2) is 0 Å². The van der Waals surface area contributed by atoms with Crippen molar-refractivity contribution >= 4 is 0 Å². The molecule has 3 rings (SSSR count). The van der Waals surface area contributed by atoms with Crippen molar-refractivity contribution in [2.24, 2.45) is 5.41 Å². The molecule has 4 nitrogen and oxygen atoms in total. The van der Waals surface area contributed by atoms with Gasteiger partial charge in [0.25, 0.3) is 0 Å². The van der Waals surface area contributed by atoms with Crippen molar-refractivity contribution in [1.82, 2.24) is 15.1 Å². The Morgan fingerprint density at radius 3 is 2.48 bits per heavy atom. The Morgan fingerprint density at radius 1 is 1.10 bits per heavy atom. The van der Waals surface area contributed by atoms with Crippen molar-refractivity contribution in [1.29, 1.82) is 0 Å². The number of hydrogen-bond acceptors (Lipinski definition) is 4. The van der Waals surface area contributed by atoms with Crippen LogP contribution in [0.2, 0.25) is 0 Å². The van der Waals surface area contributed by atoms with Crippen LogP contribution in [-0.4, -0.2) is 75.4 Å². The standard InChI is InChI=1S/C17H33N3O/c1-18-13-17(7-12-21-15-17)14-19-10-5-16(6-11-19)20-8-3-2-4-9-20/h16,18H,2-15H2,1H3. The predicted molar refractivity (Wildman–Crippen MR) is 86.7 cm³/mol. The largest absolute Gasteiger partial charge is 0.381 e. The van der Waals surface area contributed by atoms with Gasteiger partial charge in [0, 0.05) is 31.2 Å². The molecule has 3 heterocycles. The molecule has 0 bridgehead atoms. The van der Waals surface area contributed by atoms with Crippen LogP contribution in [0.3, 0.4) is 0 Å². The maximum absolute atomic E-state index is 5.70. The fourth-order valence-corrected chi connectivity index (χ4v) is 4.54. The third kappa shape index (κ3) is 3.98. The number of nitrogens with zero attached hydrogens (tertiary/aromatic N) is 2. The van der Waals surface area contributed by atoms with Gasteiger partial charge in [-0.3, -0.25) is 0 Å². The van der Waals surface area contributed by atoms with E-state index in [1.807, 2.05) is 0 Å². The van der Waals surface area contributed by atoms with Gasteiger partial charge in [0.15, 0.2) is 0 Å². The Morgan fingerprint density at radius 2 is 1.86 bits per heavy atom. The monoisotopic (exact) mass is 295 g/mol. The molecule has 1 N–H and O–H groups in total. The molecule has 0 aromatic carbocycles. The first-order valence-corrected chi connectivity index (χ1v) is 9.00. The van der Waals surface area contributed by atoms with Crippen LogP contribution in [0.4, 0.5) is 0 Å². The minimum atomic E-state index is 0.368. The van der Waals surface area contributed by atoms with E-state index < -0.39 is 0 Å². The summed E-state index contributed by atoms with van der Waals surface area (Å²) in [5.74, 6) is 0. The molecule has 1 atom stereocenters. The van der Waals surface area contributed by atoms with Crippen LogP contribution in [0.1, 0.15) is 38.5 Å². The fourth-order valence-electron chi connectivity index (χ4n) is 4.54. The third-order valence-corrected chi connectivity index (χ3v) is 5.76. The van der Waals surface area contributed by atoms with E-state index >= 15 is 0 Å². The number of piperidine rings is 2. The zero-order valence-electron chi connectivity index (χ0n) is 13.8. The highest BCUT2D eigenvalue weighted by Gasteiger charge is 2.37. The highest BCUT2D eigenvalue weighted by atomic mass is 16.5. The lowest BCUT2D eigenvalue weighted by Crippen LogP contribution is -2.50. The summed E-state index contributed by atoms with van der Waals surface area (Å²) in [6, 6.07) is 0.863. The number of likely N-dealkylation sites (tertiary alicyclic amines) is 2. The van der Waals surface area contributed by atoms with E-state index in [1.165, 1.54) is 71.2 Å². The van der Waals surface area contributed by atoms with E-state index in [2.05, 4.69) is 22.2 Å². The van der Waals surface area contributed by atoms with Crippen molar-refractivity contribution in [3.8, 4) is 0 Å². The number of rotatable bonds is 5. The summed E-state index contributed by atoms with van der Waals surface area (Å²) in [6.07, 6.45) is 8.25. The van der Waals surface area contributed by atoms with E-state index in [4.69, 9.17) is 4.74 Å². The van der Waals surface area contributed by atoms with E-state index in [-0.39, 0.29) is 0 Å². The maximum atomic E-state index is 5.70. The molecule has 0 spiro atoms. The second kappa shape index (κ2) is 7.40. The van der Waals surface area contributed by atoms with Gasteiger partial charge in [0.05, 0.1) is 6.61 Å². The van der Waals surface area contributed by atoms with Crippen molar-refractivity contribution in [2.75, 3.05) is 59.5 Å². The van der Waals surface area contributed by atoms with Crippen LogP contribution < -0.4 is 5.32 Å². The molecule has 21 heavy (non-hydrogen) atoms. The van der Waals surface area contributed by atoms with Gasteiger partial charge in [-0.05, 0) is 65.3 Å². The summed E-state index contributed by atoms with van der Waals surface area (Å²) in [5.41, 5.74) is 0.368. The average molecular weight is 295 g/mol. The first kappa shape index (κ1) is 15.7. The smallest absolute Gasteiger partial charge is 0.0547 e. The zero-order valence-corrected chi connectivity index (χ0v) is 13.8. The van der Waals surface area contributed by atoms with Gasteiger partial charge in [0.1, 0.15) is 0 Å². The lowest BCUT2D eigenvalue weighted by Gasteiger charge is -2.42. The molecule has 0 saturated carbocycles. The minimum Gasteiger partial charge on any atom is -0.381 e. The first-order chi connectivity index (χ1) is 10.3. The molecule has 0 radical (unpaired) electrons. The van der Waals surface area contributed by atoms with Crippen LogP contribution in [0.5, 0.6) is 0 Å². The van der Waals surface area contributed by atoms with Gasteiger partial charge in [-0.15, -0.1) is 0 Å². The molecular weight excluding hydrogens is 262 g/mol. The Bertz CT molecular complexity index is 303. The zero-order chi connectivity index (χ0) is 14.5. The molecule has 3 aliphatic rings. The molecule has 3 aliphatic heterocycles. The first-order valence-electron chi connectivity index (χ1n) is 9.00.